The average molecular weight is 325 g/mol. The second-order valence-electron chi connectivity index (χ2n) is 5.37. The number of aryl methyl sites for hydroxylation is 1. The lowest BCUT2D eigenvalue weighted by Crippen LogP contribution is -2.41. The summed E-state index contributed by atoms with van der Waals surface area (Å²) in [6, 6.07) is 5.23. The van der Waals surface area contributed by atoms with Gasteiger partial charge in [0.2, 0.25) is 10.0 Å². The second kappa shape index (κ2) is 5.84. The monoisotopic (exact) mass is 325 g/mol. The summed E-state index contributed by atoms with van der Waals surface area (Å²) >= 11 is 1.42. The Morgan fingerprint density at radius 1 is 1.38 bits per heavy atom. The van der Waals surface area contributed by atoms with Gasteiger partial charge in [-0.15, -0.1) is 11.3 Å². The number of rotatable bonds is 5. The Hall–Kier alpha value is -1.28. The minimum Gasteiger partial charge on any atom is -0.326 e. The lowest BCUT2D eigenvalue weighted by molar-refractivity contribution is 0.469. The normalized spacial score (nSPS) is 12.6. The highest BCUT2D eigenvalue weighted by molar-refractivity contribution is 7.89. The van der Waals surface area contributed by atoms with Crippen molar-refractivity contribution in [3.63, 3.8) is 0 Å². The SMILES string of the molecule is Cc1ccc(CN)cc1S(=O)(=O)NC(C)(C)c1nccs1. The number of thiazole rings is 1. The first kappa shape index (κ1) is 16.1. The number of nitrogens with one attached hydrogen (secondary N) is 1. The first-order valence-electron chi connectivity index (χ1n) is 6.50. The molecule has 0 fully saturated rings. The van der Waals surface area contributed by atoms with Crippen LogP contribution in [-0.4, -0.2) is 13.4 Å². The molecule has 0 unspecified atom stereocenters. The van der Waals surface area contributed by atoms with Crippen LogP contribution in [0.1, 0.15) is 30.0 Å². The number of sulfonamides is 1. The quantitative estimate of drug-likeness (QED) is 0.882. The zero-order chi connectivity index (χ0) is 15.7. The fourth-order valence-corrected chi connectivity index (χ4v) is 4.49. The van der Waals surface area contributed by atoms with Crippen LogP contribution in [-0.2, 0) is 22.1 Å². The predicted octanol–water partition coefficient (Wildman–Crippen LogP) is 2.12. The summed E-state index contributed by atoms with van der Waals surface area (Å²) in [4.78, 5) is 4.45. The Bertz CT molecular complexity index is 723. The van der Waals surface area contributed by atoms with Crippen molar-refractivity contribution < 1.29 is 8.42 Å². The molecular weight excluding hydrogens is 306 g/mol. The number of hydrogen-bond acceptors (Lipinski definition) is 5. The molecule has 0 bridgehead atoms. The Morgan fingerprint density at radius 2 is 2.10 bits per heavy atom. The van der Waals surface area contributed by atoms with Crippen molar-refractivity contribution in [3.05, 3.63) is 45.9 Å². The zero-order valence-corrected chi connectivity index (χ0v) is 13.9. The van der Waals surface area contributed by atoms with E-state index in [9.17, 15) is 8.42 Å². The molecule has 21 heavy (non-hydrogen) atoms. The lowest BCUT2D eigenvalue weighted by atomic mass is 10.1. The largest absolute Gasteiger partial charge is 0.326 e. The molecule has 0 aliphatic heterocycles. The van der Waals surface area contributed by atoms with Gasteiger partial charge in [0.1, 0.15) is 5.01 Å². The van der Waals surface area contributed by atoms with Crippen molar-refractivity contribution in [1.29, 1.82) is 0 Å². The van der Waals surface area contributed by atoms with Gasteiger partial charge < -0.3 is 5.73 Å². The fraction of sp³-hybridized carbons (Fsp3) is 0.357. The molecule has 7 heteroatoms. The van der Waals surface area contributed by atoms with Gasteiger partial charge in [-0.05, 0) is 38.0 Å². The molecule has 0 aliphatic rings. The number of aromatic nitrogens is 1. The lowest BCUT2D eigenvalue weighted by Gasteiger charge is -2.24. The molecular formula is C14H19N3O2S2. The van der Waals surface area contributed by atoms with Gasteiger partial charge >= 0.3 is 0 Å². The first-order valence-corrected chi connectivity index (χ1v) is 8.86. The predicted molar refractivity (Wildman–Crippen MR) is 84.5 cm³/mol. The molecule has 1 heterocycles. The van der Waals surface area contributed by atoms with E-state index in [0.29, 0.717) is 12.1 Å². The summed E-state index contributed by atoms with van der Waals surface area (Å²) in [6.45, 7) is 5.67. The van der Waals surface area contributed by atoms with Crippen molar-refractivity contribution in [1.82, 2.24) is 9.71 Å². The molecule has 0 aliphatic carbocycles. The number of hydrogen-bond donors (Lipinski definition) is 2. The van der Waals surface area contributed by atoms with Gasteiger partial charge in [0.05, 0.1) is 10.4 Å². The summed E-state index contributed by atoms with van der Waals surface area (Å²) in [5.41, 5.74) is 6.30. The van der Waals surface area contributed by atoms with E-state index in [1.165, 1.54) is 11.3 Å². The van der Waals surface area contributed by atoms with E-state index in [1.54, 1.807) is 39.1 Å². The number of benzene rings is 1. The van der Waals surface area contributed by atoms with Crippen LogP contribution >= 0.6 is 11.3 Å². The van der Waals surface area contributed by atoms with E-state index < -0.39 is 15.6 Å². The van der Waals surface area contributed by atoms with Crippen LogP contribution in [0.4, 0.5) is 0 Å². The maximum absolute atomic E-state index is 12.7. The van der Waals surface area contributed by atoms with Gasteiger partial charge in [-0.1, -0.05) is 12.1 Å². The van der Waals surface area contributed by atoms with Gasteiger partial charge in [0.15, 0.2) is 0 Å². The molecule has 114 valence electrons. The summed E-state index contributed by atoms with van der Waals surface area (Å²) in [6.07, 6.45) is 1.66. The number of nitrogens with zero attached hydrogens (tertiary/aromatic N) is 1. The number of nitrogens with two attached hydrogens (primary N) is 1. The molecule has 0 saturated heterocycles. The van der Waals surface area contributed by atoms with E-state index in [0.717, 1.165) is 10.6 Å². The highest BCUT2D eigenvalue weighted by atomic mass is 32.2. The van der Waals surface area contributed by atoms with Crippen LogP contribution in [0, 0.1) is 6.92 Å². The minimum absolute atomic E-state index is 0.259. The highest BCUT2D eigenvalue weighted by Gasteiger charge is 2.30. The van der Waals surface area contributed by atoms with Gasteiger partial charge in [-0.2, -0.15) is 4.72 Å². The minimum atomic E-state index is -3.65. The third kappa shape index (κ3) is 3.49. The van der Waals surface area contributed by atoms with Crippen LogP contribution in [0.5, 0.6) is 0 Å². The zero-order valence-electron chi connectivity index (χ0n) is 12.3. The Labute approximate surface area is 129 Å². The molecule has 5 nitrogen and oxygen atoms in total. The van der Waals surface area contributed by atoms with Crippen LogP contribution in [0.2, 0.25) is 0 Å². The average Bonchev–Trinajstić information content (AvgIpc) is 2.92. The van der Waals surface area contributed by atoms with Crippen molar-refractivity contribution >= 4 is 21.4 Å². The van der Waals surface area contributed by atoms with E-state index in [1.807, 2.05) is 11.4 Å². The summed E-state index contributed by atoms with van der Waals surface area (Å²) in [7, 11) is -3.65. The van der Waals surface area contributed by atoms with Crippen molar-refractivity contribution in [2.24, 2.45) is 5.73 Å². The third-order valence-corrected chi connectivity index (χ3v) is 6.03. The standard InChI is InChI=1S/C14H19N3O2S2/c1-10-4-5-11(9-15)8-12(10)21(18,19)17-14(2,3)13-16-6-7-20-13/h4-8,17H,9,15H2,1-3H3. The molecule has 2 aromatic rings. The van der Waals surface area contributed by atoms with Gasteiger partial charge in [0, 0.05) is 18.1 Å². The van der Waals surface area contributed by atoms with E-state index in [4.69, 9.17) is 5.73 Å². The van der Waals surface area contributed by atoms with Crippen LogP contribution in [0.25, 0.3) is 0 Å². The van der Waals surface area contributed by atoms with Crippen molar-refractivity contribution in [2.75, 3.05) is 0 Å². The summed E-state index contributed by atoms with van der Waals surface area (Å²) in [5, 5.41) is 2.55. The molecule has 0 saturated carbocycles. The van der Waals surface area contributed by atoms with Gasteiger partial charge in [0.25, 0.3) is 0 Å². The van der Waals surface area contributed by atoms with Crippen LogP contribution < -0.4 is 10.5 Å². The summed E-state index contributed by atoms with van der Waals surface area (Å²) < 4.78 is 28.0. The molecule has 1 aromatic heterocycles. The molecule has 0 amide bonds. The van der Waals surface area contributed by atoms with E-state index >= 15 is 0 Å². The molecule has 0 spiro atoms. The second-order valence-corrected chi connectivity index (χ2v) is 7.92. The topological polar surface area (TPSA) is 85.1 Å². The maximum atomic E-state index is 12.7. The van der Waals surface area contributed by atoms with Gasteiger partial charge in [-0.25, -0.2) is 13.4 Å². The fourth-order valence-electron chi connectivity index (χ4n) is 2.03. The molecule has 3 N–H and O–H groups in total. The van der Waals surface area contributed by atoms with Crippen LogP contribution in [0.3, 0.4) is 0 Å². The van der Waals surface area contributed by atoms with Crippen molar-refractivity contribution in [3.8, 4) is 0 Å². The highest BCUT2D eigenvalue weighted by Crippen LogP contribution is 2.26. The van der Waals surface area contributed by atoms with Crippen molar-refractivity contribution in [2.45, 2.75) is 37.8 Å². The Morgan fingerprint density at radius 3 is 2.67 bits per heavy atom. The molecule has 1 aromatic carbocycles. The summed E-state index contributed by atoms with van der Waals surface area (Å²) in [5.74, 6) is 0. The molecule has 2 rings (SSSR count). The Balaban J connectivity index is 2.39. The van der Waals surface area contributed by atoms with Crippen LogP contribution in [0.15, 0.2) is 34.7 Å². The van der Waals surface area contributed by atoms with E-state index in [-0.39, 0.29) is 4.90 Å². The first-order chi connectivity index (χ1) is 9.76. The Kier molecular flexibility index (Phi) is 4.48. The molecule has 0 radical (unpaired) electrons. The molecule has 0 atom stereocenters. The van der Waals surface area contributed by atoms with E-state index in [2.05, 4.69) is 9.71 Å². The third-order valence-electron chi connectivity index (χ3n) is 3.13. The van der Waals surface area contributed by atoms with Gasteiger partial charge in [-0.3, -0.25) is 0 Å². The maximum Gasteiger partial charge on any atom is 0.241 e. The smallest absolute Gasteiger partial charge is 0.241 e.